The van der Waals surface area contributed by atoms with Crippen molar-refractivity contribution >= 4 is 39.3 Å². The van der Waals surface area contributed by atoms with E-state index in [2.05, 4.69) is 0 Å². The molecule has 0 aromatic heterocycles. The summed E-state index contributed by atoms with van der Waals surface area (Å²) in [6.07, 6.45) is 0. The summed E-state index contributed by atoms with van der Waals surface area (Å²) >= 11 is 11.1. The second-order valence-electron chi connectivity index (χ2n) is 4.18. The van der Waals surface area contributed by atoms with Crippen molar-refractivity contribution in [2.45, 2.75) is 9.97 Å². The molecule has 2 heterocycles. The van der Waals surface area contributed by atoms with Crippen LogP contribution in [-0.2, 0) is 28.1 Å². The lowest BCUT2D eigenvalue weighted by molar-refractivity contribution is -0.309. The zero-order chi connectivity index (χ0) is 14.3. The molecular weight excluding hydrogens is 345 g/mol. The number of ether oxygens (including phenoxy) is 4. The highest BCUT2D eigenvalue weighted by Gasteiger charge is 2.58. The second kappa shape index (κ2) is 5.39. The molecule has 19 heavy (non-hydrogen) atoms. The molecule has 2 saturated heterocycles. The van der Waals surface area contributed by atoms with Gasteiger partial charge in [0.25, 0.3) is 0 Å². The highest BCUT2D eigenvalue weighted by atomic mass is 35.5. The minimum Gasteiger partial charge on any atom is -0.590 e. The van der Waals surface area contributed by atoms with Crippen molar-refractivity contribution in [2.24, 2.45) is 5.41 Å². The van der Waals surface area contributed by atoms with E-state index in [9.17, 15) is 18.9 Å². The number of hydrogen-bond acceptors (Lipinski definition) is 8. The molecule has 2 aliphatic heterocycles. The zero-order valence-electron chi connectivity index (χ0n) is 9.24. The summed E-state index contributed by atoms with van der Waals surface area (Å²) in [4.78, 5) is 17.2. The summed E-state index contributed by atoms with van der Waals surface area (Å²) in [7, 11) is -6.30. The summed E-state index contributed by atoms with van der Waals surface area (Å²) in [6, 6.07) is 0. The van der Waals surface area contributed by atoms with Gasteiger partial charge >= 0.3 is 26.0 Å². The molecule has 2 aliphatic rings. The lowest BCUT2D eigenvalue weighted by Gasteiger charge is -2.43. The molecule has 0 aromatic rings. The van der Waals surface area contributed by atoms with Crippen LogP contribution in [0, 0.1) is 5.41 Å². The van der Waals surface area contributed by atoms with E-state index in [4.69, 9.17) is 42.1 Å². The summed E-state index contributed by atoms with van der Waals surface area (Å²) in [5, 5.41) is 0. The minimum atomic E-state index is -3.15. The smallest absolute Gasteiger partial charge is 0.455 e. The molecule has 12 heteroatoms. The molecule has 1 spiro atoms. The Morgan fingerprint density at radius 2 is 1.05 bits per heavy atom. The number of halogens is 2. The number of hydrogen-bond donors (Lipinski definition) is 0. The van der Waals surface area contributed by atoms with Gasteiger partial charge in [0.05, 0.1) is 31.8 Å². The van der Waals surface area contributed by atoms with Gasteiger partial charge < -0.3 is 9.79 Å². The number of rotatable bonds is 2. The van der Waals surface area contributed by atoms with E-state index in [0.29, 0.717) is 0 Å². The van der Waals surface area contributed by atoms with Crippen LogP contribution in [0.2, 0.25) is 0 Å². The summed E-state index contributed by atoms with van der Waals surface area (Å²) in [5.74, 6) is 0. The van der Waals surface area contributed by atoms with Gasteiger partial charge in [-0.1, -0.05) is 9.13 Å². The van der Waals surface area contributed by atoms with E-state index in [1.165, 1.54) is 0 Å². The first-order valence-corrected chi connectivity index (χ1v) is 8.05. The van der Waals surface area contributed by atoms with Crippen molar-refractivity contribution < 1.29 is 37.9 Å². The van der Waals surface area contributed by atoms with Crippen LogP contribution in [0.15, 0.2) is 0 Å². The molecule has 0 bridgehead atoms. The van der Waals surface area contributed by atoms with Crippen molar-refractivity contribution in [3.8, 4) is 0 Å². The van der Waals surface area contributed by atoms with Crippen LogP contribution in [0.3, 0.4) is 0 Å². The maximum Gasteiger partial charge on any atom is 0.455 e. The SMILES string of the molecule is O=[P+]([O-])C1(Cl)OCC2(CO1)COC(Cl)([P+](=O)[O-])OC2. The quantitative estimate of drug-likeness (QED) is 0.502. The third-order valence-electron chi connectivity index (χ3n) is 2.66. The summed E-state index contributed by atoms with van der Waals surface area (Å²) in [6.45, 7) is -0.546. The van der Waals surface area contributed by atoms with E-state index in [-0.39, 0.29) is 26.4 Å². The Hall–Kier alpha value is 0.540. The van der Waals surface area contributed by atoms with E-state index in [1.807, 2.05) is 0 Å². The maximum atomic E-state index is 10.8. The van der Waals surface area contributed by atoms with Crippen LogP contribution in [0.4, 0.5) is 0 Å². The molecule has 0 amide bonds. The summed E-state index contributed by atoms with van der Waals surface area (Å²) < 4.78 is 41.4. The van der Waals surface area contributed by atoms with Crippen molar-refractivity contribution in [1.82, 2.24) is 0 Å². The largest absolute Gasteiger partial charge is 0.590 e. The fourth-order valence-corrected chi connectivity index (χ4v) is 2.41. The van der Waals surface area contributed by atoms with E-state index in [0.717, 1.165) is 0 Å². The Kier molecular flexibility index (Phi) is 4.51. The highest BCUT2D eigenvalue weighted by molar-refractivity contribution is 7.40. The molecule has 2 rings (SSSR count). The highest BCUT2D eigenvalue weighted by Crippen LogP contribution is 2.49. The van der Waals surface area contributed by atoms with Gasteiger partial charge in [0.15, 0.2) is 0 Å². The molecule has 2 unspecified atom stereocenters. The first kappa shape index (κ1) is 15.9. The van der Waals surface area contributed by atoms with Crippen molar-refractivity contribution in [3.63, 3.8) is 0 Å². The van der Waals surface area contributed by atoms with Crippen LogP contribution in [0.5, 0.6) is 0 Å². The van der Waals surface area contributed by atoms with Gasteiger partial charge in [0.1, 0.15) is 0 Å². The molecule has 0 saturated carbocycles. The second-order valence-corrected chi connectivity index (χ2v) is 7.91. The Balaban J connectivity index is 1.99. The standard InChI is InChI=1S/C7H8Cl2O8P2/c8-6(18(10)11)14-1-5(2-15-6)3-16-7(9,17-4-5)19(12)13/h1-4H2. The average molecular weight is 353 g/mol. The van der Waals surface area contributed by atoms with Crippen molar-refractivity contribution in [3.05, 3.63) is 0 Å². The van der Waals surface area contributed by atoms with Crippen LogP contribution in [0.1, 0.15) is 0 Å². The number of alkyl halides is 2. The Bertz CT molecular complexity index is 360. The first-order chi connectivity index (χ1) is 8.72. The minimum absolute atomic E-state index is 0.136. The molecule has 0 aromatic carbocycles. The van der Waals surface area contributed by atoms with Crippen LogP contribution < -0.4 is 9.79 Å². The topological polar surface area (TPSA) is 117 Å². The fourth-order valence-electron chi connectivity index (χ4n) is 1.51. The fraction of sp³-hybridized carbons (Fsp3) is 1.00. The predicted octanol–water partition coefficient (Wildman–Crippen LogP) is -0.0280. The maximum absolute atomic E-state index is 10.8. The lowest BCUT2D eigenvalue weighted by Crippen LogP contribution is -2.55. The van der Waals surface area contributed by atoms with Gasteiger partial charge in [-0.2, -0.15) is 0 Å². The van der Waals surface area contributed by atoms with E-state index < -0.39 is 31.4 Å². The van der Waals surface area contributed by atoms with Gasteiger partial charge in [-0.3, -0.25) is 18.9 Å². The van der Waals surface area contributed by atoms with Gasteiger partial charge in [-0.05, 0) is 0 Å². The predicted molar refractivity (Wildman–Crippen MR) is 58.6 cm³/mol. The third kappa shape index (κ3) is 3.09. The molecule has 2 atom stereocenters. The molecule has 8 nitrogen and oxygen atoms in total. The Morgan fingerprint density at radius 1 is 0.789 bits per heavy atom. The average Bonchev–Trinajstić information content (AvgIpc) is 2.37. The van der Waals surface area contributed by atoms with Crippen LogP contribution in [0.25, 0.3) is 0 Å². The van der Waals surface area contributed by atoms with Gasteiger partial charge in [-0.25, -0.2) is 0 Å². The van der Waals surface area contributed by atoms with E-state index in [1.54, 1.807) is 0 Å². The summed E-state index contributed by atoms with van der Waals surface area (Å²) in [5.41, 5.74) is -0.854. The lowest BCUT2D eigenvalue weighted by atomic mass is 9.91. The van der Waals surface area contributed by atoms with E-state index >= 15 is 0 Å². The molecule has 108 valence electrons. The Morgan fingerprint density at radius 3 is 1.26 bits per heavy atom. The van der Waals surface area contributed by atoms with Gasteiger partial charge in [0, 0.05) is 23.2 Å². The molecule has 0 aliphatic carbocycles. The zero-order valence-corrected chi connectivity index (χ0v) is 12.5. The first-order valence-electron chi connectivity index (χ1n) is 4.94. The Labute approximate surface area is 119 Å². The molecule has 0 radical (unpaired) electrons. The normalized spacial score (nSPS) is 45.1. The third-order valence-corrected chi connectivity index (χ3v) is 5.31. The molecule has 2 fully saturated rings. The van der Waals surface area contributed by atoms with Crippen LogP contribution in [-0.4, -0.2) is 36.4 Å². The van der Waals surface area contributed by atoms with Crippen molar-refractivity contribution in [2.75, 3.05) is 26.4 Å². The monoisotopic (exact) mass is 352 g/mol. The van der Waals surface area contributed by atoms with Gasteiger partial charge in [-0.15, -0.1) is 0 Å². The molecular formula is C7H8Cl2O8P2. The van der Waals surface area contributed by atoms with Crippen LogP contribution >= 0.6 is 39.3 Å². The molecule has 0 N–H and O–H groups in total. The van der Waals surface area contributed by atoms with Gasteiger partial charge in [0.2, 0.25) is 0 Å². The van der Waals surface area contributed by atoms with Crippen molar-refractivity contribution in [1.29, 1.82) is 0 Å².